The highest BCUT2D eigenvalue weighted by Crippen LogP contribution is 2.25. The molecule has 1 heterocycles. The summed E-state index contributed by atoms with van der Waals surface area (Å²) in [6.07, 6.45) is 1.89. The Morgan fingerprint density at radius 1 is 1.27 bits per heavy atom. The second-order valence-electron chi connectivity index (χ2n) is 7.57. The standard InChI is InChI=1S/C19H29NO2/c1-14-7-6-12-20(13-14)18(21)15(2)22-17-10-8-16(9-11-17)19(3,4)5/h8-11,14-15H,6-7,12-13H2,1-5H3. The molecule has 1 aliphatic heterocycles. The van der Waals surface area contributed by atoms with Crippen molar-refractivity contribution < 1.29 is 9.53 Å². The van der Waals surface area contributed by atoms with Crippen LogP contribution in [-0.2, 0) is 10.2 Å². The number of hydrogen-bond donors (Lipinski definition) is 0. The number of benzene rings is 1. The zero-order chi connectivity index (χ0) is 16.3. The van der Waals surface area contributed by atoms with Crippen molar-refractivity contribution in [1.82, 2.24) is 4.90 Å². The zero-order valence-electron chi connectivity index (χ0n) is 14.6. The molecule has 1 fully saturated rings. The van der Waals surface area contributed by atoms with Crippen molar-refractivity contribution in [1.29, 1.82) is 0 Å². The van der Waals surface area contributed by atoms with E-state index in [9.17, 15) is 4.79 Å². The second-order valence-corrected chi connectivity index (χ2v) is 7.57. The Kier molecular flexibility index (Phi) is 5.15. The molecule has 1 aromatic rings. The number of carbonyl (C=O) groups is 1. The van der Waals surface area contributed by atoms with Crippen LogP contribution < -0.4 is 4.74 Å². The van der Waals surface area contributed by atoms with Gasteiger partial charge in [0.05, 0.1) is 0 Å². The lowest BCUT2D eigenvalue weighted by Gasteiger charge is -2.32. The number of amides is 1. The van der Waals surface area contributed by atoms with Gasteiger partial charge in [0.1, 0.15) is 5.75 Å². The topological polar surface area (TPSA) is 29.5 Å². The van der Waals surface area contributed by atoms with Crippen LogP contribution in [-0.4, -0.2) is 30.0 Å². The van der Waals surface area contributed by atoms with Crippen LogP contribution in [0.4, 0.5) is 0 Å². The Hall–Kier alpha value is -1.51. The van der Waals surface area contributed by atoms with E-state index in [4.69, 9.17) is 4.74 Å². The van der Waals surface area contributed by atoms with Gasteiger partial charge in [0, 0.05) is 13.1 Å². The molecule has 2 atom stereocenters. The SMILES string of the molecule is CC1CCCN(C(=O)C(C)Oc2ccc(C(C)(C)C)cc2)C1. The highest BCUT2D eigenvalue weighted by Gasteiger charge is 2.26. The molecule has 2 unspecified atom stereocenters. The third-order valence-corrected chi connectivity index (χ3v) is 4.35. The molecule has 0 bridgehead atoms. The summed E-state index contributed by atoms with van der Waals surface area (Å²) in [5, 5.41) is 0. The largest absolute Gasteiger partial charge is 0.481 e. The number of hydrogen-bond acceptors (Lipinski definition) is 2. The highest BCUT2D eigenvalue weighted by molar-refractivity contribution is 5.81. The molecular formula is C19H29NO2. The van der Waals surface area contributed by atoms with Gasteiger partial charge in [-0.25, -0.2) is 0 Å². The predicted octanol–water partition coefficient (Wildman–Crippen LogP) is 4.01. The molecule has 122 valence electrons. The fourth-order valence-corrected chi connectivity index (χ4v) is 2.93. The van der Waals surface area contributed by atoms with Gasteiger partial charge in [-0.2, -0.15) is 0 Å². The molecule has 3 heteroatoms. The van der Waals surface area contributed by atoms with Crippen LogP contribution in [0.15, 0.2) is 24.3 Å². The number of likely N-dealkylation sites (tertiary alicyclic amines) is 1. The molecular weight excluding hydrogens is 274 g/mol. The third-order valence-electron chi connectivity index (χ3n) is 4.35. The predicted molar refractivity (Wildman–Crippen MR) is 90.2 cm³/mol. The van der Waals surface area contributed by atoms with E-state index in [1.54, 1.807) is 0 Å². The minimum atomic E-state index is -0.425. The molecule has 1 aliphatic rings. The van der Waals surface area contributed by atoms with E-state index in [0.29, 0.717) is 5.92 Å². The Morgan fingerprint density at radius 2 is 1.91 bits per heavy atom. The molecule has 0 aromatic heterocycles. The van der Waals surface area contributed by atoms with Crippen molar-refractivity contribution >= 4 is 5.91 Å². The first-order chi connectivity index (χ1) is 10.3. The molecule has 3 nitrogen and oxygen atoms in total. The summed E-state index contributed by atoms with van der Waals surface area (Å²) in [5.74, 6) is 1.46. The van der Waals surface area contributed by atoms with E-state index < -0.39 is 6.10 Å². The minimum Gasteiger partial charge on any atom is -0.481 e. The van der Waals surface area contributed by atoms with Crippen molar-refractivity contribution in [2.75, 3.05) is 13.1 Å². The monoisotopic (exact) mass is 303 g/mol. The summed E-state index contributed by atoms with van der Waals surface area (Å²) in [6, 6.07) is 8.08. The fraction of sp³-hybridized carbons (Fsp3) is 0.632. The van der Waals surface area contributed by atoms with Crippen molar-refractivity contribution in [3.63, 3.8) is 0 Å². The average molecular weight is 303 g/mol. The first-order valence-electron chi connectivity index (χ1n) is 8.33. The lowest BCUT2D eigenvalue weighted by molar-refractivity contribution is -0.139. The highest BCUT2D eigenvalue weighted by atomic mass is 16.5. The fourth-order valence-electron chi connectivity index (χ4n) is 2.93. The Morgan fingerprint density at radius 3 is 2.45 bits per heavy atom. The first kappa shape index (κ1) is 16.9. The summed E-state index contributed by atoms with van der Waals surface area (Å²) in [6.45, 7) is 12.3. The Balaban J connectivity index is 1.96. The van der Waals surface area contributed by atoms with Crippen LogP contribution in [0.5, 0.6) is 5.75 Å². The van der Waals surface area contributed by atoms with Gasteiger partial charge < -0.3 is 9.64 Å². The number of nitrogens with zero attached hydrogens (tertiary/aromatic N) is 1. The van der Waals surface area contributed by atoms with Gasteiger partial charge in [-0.15, -0.1) is 0 Å². The summed E-state index contributed by atoms with van der Waals surface area (Å²) < 4.78 is 5.84. The molecule has 0 radical (unpaired) electrons. The molecule has 22 heavy (non-hydrogen) atoms. The van der Waals surface area contributed by atoms with Crippen LogP contribution >= 0.6 is 0 Å². The Labute approximate surface area is 134 Å². The van der Waals surface area contributed by atoms with Crippen LogP contribution in [0.1, 0.15) is 53.0 Å². The van der Waals surface area contributed by atoms with Gasteiger partial charge in [0.15, 0.2) is 6.10 Å². The third kappa shape index (κ3) is 4.25. The van der Waals surface area contributed by atoms with E-state index in [1.165, 1.54) is 12.0 Å². The van der Waals surface area contributed by atoms with Gasteiger partial charge in [-0.1, -0.05) is 39.8 Å². The van der Waals surface area contributed by atoms with Gasteiger partial charge in [0.25, 0.3) is 5.91 Å². The summed E-state index contributed by atoms with van der Waals surface area (Å²) in [4.78, 5) is 14.4. The molecule has 0 spiro atoms. The second kappa shape index (κ2) is 6.72. The maximum Gasteiger partial charge on any atom is 0.263 e. The van der Waals surface area contributed by atoms with Gasteiger partial charge in [-0.05, 0) is 48.8 Å². The normalized spacial score (nSPS) is 20.6. The van der Waals surface area contributed by atoms with E-state index in [2.05, 4.69) is 39.8 Å². The smallest absolute Gasteiger partial charge is 0.263 e. The average Bonchev–Trinajstić information content (AvgIpc) is 2.46. The quantitative estimate of drug-likeness (QED) is 0.844. The summed E-state index contributed by atoms with van der Waals surface area (Å²) >= 11 is 0. The zero-order valence-corrected chi connectivity index (χ0v) is 14.6. The number of ether oxygens (including phenoxy) is 1. The maximum atomic E-state index is 12.5. The van der Waals surface area contributed by atoms with Gasteiger partial charge >= 0.3 is 0 Å². The Bertz CT molecular complexity index is 501. The number of piperidine rings is 1. The van der Waals surface area contributed by atoms with Crippen molar-refractivity contribution in [3.05, 3.63) is 29.8 Å². The molecule has 1 saturated heterocycles. The van der Waals surface area contributed by atoms with Crippen LogP contribution in [0.25, 0.3) is 0 Å². The molecule has 0 saturated carbocycles. The van der Waals surface area contributed by atoms with Crippen molar-refractivity contribution in [2.45, 2.75) is 59.0 Å². The molecule has 1 aromatic carbocycles. The molecule has 0 aliphatic carbocycles. The maximum absolute atomic E-state index is 12.5. The summed E-state index contributed by atoms with van der Waals surface area (Å²) in [5.41, 5.74) is 1.40. The van der Waals surface area contributed by atoms with Gasteiger partial charge in [-0.3, -0.25) is 4.79 Å². The van der Waals surface area contributed by atoms with E-state index in [0.717, 1.165) is 25.3 Å². The number of rotatable bonds is 3. The molecule has 2 rings (SSSR count). The molecule has 0 N–H and O–H groups in total. The van der Waals surface area contributed by atoms with Crippen LogP contribution in [0.2, 0.25) is 0 Å². The van der Waals surface area contributed by atoms with Crippen LogP contribution in [0.3, 0.4) is 0 Å². The van der Waals surface area contributed by atoms with Gasteiger partial charge in [0.2, 0.25) is 0 Å². The van der Waals surface area contributed by atoms with Crippen molar-refractivity contribution in [3.8, 4) is 5.75 Å². The van der Waals surface area contributed by atoms with Crippen LogP contribution in [0, 0.1) is 5.92 Å². The summed E-state index contributed by atoms with van der Waals surface area (Å²) in [7, 11) is 0. The van der Waals surface area contributed by atoms with E-state index in [-0.39, 0.29) is 11.3 Å². The lowest BCUT2D eigenvalue weighted by atomic mass is 9.87. The van der Waals surface area contributed by atoms with E-state index >= 15 is 0 Å². The van der Waals surface area contributed by atoms with Crippen molar-refractivity contribution in [2.24, 2.45) is 5.92 Å². The minimum absolute atomic E-state index is 0.103. The first-order valence-corrected chi connectivity index (χ1v) is 8.33. The molecule has 1 amide bonds. The van der Waals surface area contributed by atoms with E-state index in [1.807, 2.05) is 24.0 Å². The lowest BCUT2D eigenvalue weighted by Crippen LogP contribution is -2.45. The number of carbonyl (C=O) groups excluding carboxylic acids is 1.